The van der Waals surface area contributed by atoms with Crippen molar-refractivity contribution < 1.29 is 19.5 Å². The van der Waals surface area contributed by atoms with Crippen LogP contribution in [0.3, 0.4) is 0 Å². The molecule has 0 radical (unpaired) electrons. The second kappa shape index (κ2) is 16.7. The van der Waals surface area contributed by atoms with Gasteiger partial charge in [-0.1, -0.05) is 26.8 Å². The van der Waals surface area contributed by atoms with Gasteiger partial charge in [-0.25, -0.2) is 0 Å². The van der Waals surface area contributed by atoms with Crippen molar-refractivity contribution in [3.63, 3.8) is 0 Å². The number of carbonyl (C=O) groups is 3. The third kappa shape index (κ3) is 7.60. The van der Waals surface area contributed by atoms with Crippen molar-refractivity contribution in [2.75, 3.05) is 26.2 Å². The summed E-state index contributed by atoms with van der Waals surface area (Å²) in [4.78, 5) is 40.2. The number of ketones is 3. The van der Waals surface area contributed by atoms with E-state index in [1.54, 1.807) is 6.92 Å². The highest BCUT2D eigenvalue weighted by atomic mass is 16.3. The number of rotatable bonds is 18. The molecule has 0 amide bonds. The Bertz CT molecular complexity index is 2500. The zero-order chi connectivity index (χ0) is 39.8. The Morgan fingerprint density at radius 3 is 1.88 bits per heavy atom. The molecule has 1 atom stereocenters. The monoisotopic (exact) mass is 766 g/mol. The molecule has 0 bridgehead atoms. The maximum Gasteiger partial charge on any atom is 0.163 e. The number of hydrogen-bond donors (Lipinski definition) is 2. The maximum absolute atomic E-state index is 12.7. The van der Waals surface area contributed by atoms with Gasteiger partial charge in [-0.05, 0) is 156 Å². The van der Waals surface area contributed by atoms with Gasteiger partial charge in [-0.2, -0.15) is 0 Å². The van der Waals surface area contributed by atoms with Crippen molar-refractivity contribution in [1.29, 1.82) is 0 Å². The quantitative estimate of drug-likeness (QED) is 0.0668. The number of aliphatic hydroxyl groups excluding tert-OH is 1. The number of carbonyl (C=O) groups excluding carboxylic acids is 3. The predicted molar refractivity (Wildman–Crippen MR) is 232 cm³/mol. The molecular formula is C49H58N4O4. The van der Waals surface area contributed by atoms with Gasteiger partial charge >= 0.3 is 0 Å². The van der Waals surface area contributed by atoms with Crippen LogP contribution in [0.15, 0.2) is 60.7 Å². The summed E-state index contributed by atoms with van der Waals surface area (Å²) in [6.45, 7) is 13.9. The largest absolute Gasteiger partial charge is 0.388 e. The Kier molecular flexibility index (Phi) is 11.5. The average molecular weight is 767 g/mol. The van der Waals surface area contributed by atoms with Crippen LogP contribution in [0.2, 0.25) is 0 Å². The summed E-state index contributed by atoms with van der Waals surface area (Å²) >= 11 is 0. The normalized spacial score (nSPS) is 14.7. The number of aryl methyl sites for hydroxylation is 4. The molecule has 2 aliphatic carbocycles. The van der Waals surface area contributed by atoms with E-state index in [4.69, 9.17) is 0 Å². The lowest BCUT2D eigenvalue weighted by Gasteiger charge is -2.21. The van der Waals surface area contributed by atoms with E-state index < -0.39 is 6.10 Å². The molecule has 2 aromatic heterocycles. The van der Waals surface area contributed by atoms with E-state index in [9.17, 15) is 19.5 Å². The van der Waals surface area contributed by atoms with Crippen molar-refractivity contribution in [2.45, 2.75) is 117 Å². The summed E-state index contributed by atoms with van der Waals surface area (Å²) in [5.74, 6) is 0.504. The Balaban J connectivity index is 0.914. The summed E-state index contributed by atoms with van der Waals surface area (Å²) in [7, 11) is 0. The van der Waals surface area contributed by atoms with Crippen LogP contribution in [0.1, 0.15) is 133 Å². The number of nitrogens with zero attached hydrogens (tertiary/aromatic N) is 3. The van der Waals surface area contributed by atoms with Crippen LogP contribution in [0.4, 0.5) is 0 Å². The summed E-state index contributed by atoms with van der Waals surface area (Å²) in [5, 5.41) is 19.6. The molecule has 1 unspecified atom stereocenters. The van der Waals surface area contributed by atoms with E-state index in [0.717, 1.165) is 134 Å². The van der Waals surface area contributed by atoms with Gasteiger partial charge in [-0.3, -0.25) is 14.4 Å². The minimum Gasteiger partial charge on any atom is -0.388 e. The van der Waals surface area contributed by atoms with Gasteiger partial charge in [0.05, 0.1) is 6.10 Å². The number of benzene rings is 4. The molecule has 0 spiro atoms. The van der Waals surface area contributed by atoms with Crippen molar-refractivity contribution in [3.05, 3.63) is 94.0 Å². The van der Waals surface area contributed by atoms with E-state index in [1.807, 2.05) is 24.3 Å². The first-order chi connectivity index (χ1) is 27.6. The molecule has 0 saturated carbocycles. The molecule has 298 valence electrons. The van der Waals surface area contributed by atoms with Gasteiger partial charge in [0.1, 0.15) is 0 Å². The topological polar surface area (TPSA) is 96.6 Å². The van der Waals surface area contributed by atoms with E-state index in [2.05, 4.69) is 76.5 Å². The predicted octanol–water partition coefficient (Wildman–Crippen LogP) is 9.76. The first kappa shape index (κ1) is 39.2. The Morgan fingerprint density at radius 2 is 1.28 bits per heavy atom. The lowest BCUT2D eigenvalue weighted by atomic mass is 9.99. The van der Waals surface area contributed by atoms with Gasteiger partial charge in [0, 0.05) is 92.3 Å². The molecule has 2 aliphatic rings. The Morgan fingerprint density at radius 1 is 0.719 bits per heavy atom. The zero-order valence-corrected chi connectivity index (χ0v) is 34.3. The number of aromatic nitrogens is 2. The molecule has 8 nitrogen and oxygen atoms in total. The molecule has 2 heterocycles. The van der Waals surface area contributed by atoms with Gasteiger partial charge in [0.2, 0.25) is 0 Å². The lowest BCUT2D eigenvalue weighted by Crippen LogP contribution is -2.26. The second-order valence-electron chi connectivity index (χ2n) is 16.8. The molecule has 4 aromatic carbocycles. The van der Waals surface area contributed by atoms with Crippen LogP contribution in [0.5, 0.6) is 0 Å². The summed E-state index contributed by atoms with van der Waals surface area (Å²) in [6, 6.07) is 21.3. The second-order valence-corrected chi connectivity index (χ2v) is 16.8. The third-order valence-electron chi connectivity index (χ3n) is 12.8. The number of unbranched alkanes of at least 4 members (excludes halogenated alkanes) is 2. The molecule has 0 aliphatic heterocycles. The number of aliphatic hydroxyl groups is 1. The third-order valence-corrected chi connectivity index (χ3v) is 12.8. The molecule has 57 heavy (non-hydrogen) atoms. The molecule has 8 rings (SSSR count). The molecular weight excluding hydrogens is 709 g/mol. The summed E-state index contributed by atoms with van der Waals surface area (Å²) in [5.41, 5.74) is 10.3. The van der Waals surface area contributed by atoms with E-state index in [0.29, 0.717) is 30.9 Å². The van der Waals surface area contributed by atoms with Crippen molar-refractivity contribution in [3.8, 4) is 0 Å². The SMILES string of the molecule is CCN(CCCCn1c2ccc(C(C)=O)cc2c2c3c(ccc21)C(=O)CC3)CCCC(O)c1ccc2c(c1)c1c3c(ccc1n2CCCCNC(C)C)C(=O)CC3. The van der Waals surface area contributed by atoms with Crippen LogP contribution in [-0.4, -0.2) is 68.7 Å². The first-order valence-electron chi connectivity index (χ1n) is 21.5. The smallest absolute Gasteiger partial charge is 0.163 e. The molecule has 6 aromatic rings. The number of fused-ring (bicyclic) bond motifs is 10. The van der Waals surface area contributed by atoms with Gasteiger partial charge in [-0.15, -0.1) is 0 Å². The zero-order valence-electron chi connectivity index (χ0n) is 34.3. The fraction of sp³-hybridized carbons (Fsp3) is 0.449. The molecule has 2 N–H and O–H groups in total. The number of Topliss-reactive ketones (excluding diaryl/α,β-unsaturated/α-hetero) is 3. The highest BCUT2D eigenvalue weighted by Crippen LogP contribution is 2.40. The van der Waals surface area contributed by atoms with Crippen LogP contribution < -0.4 is 5.32 Å². The molecule has 0 saturated heterocycles. The first-order valence-corrected chi connectivity index (χ1v) is 21.5. The lowest BCUT2D eigenvalue weighted by molar-refractivity contribution is 0.0986. The Labute approximate surface area is 336 Å². The summed E-state index contributed by atoms with van der Waals surface area (Å²) < 4.78 is 4.81. The van der Waals surface area contributed by atoms with Crippen LogP contribution in [0.25, 0.3) is 43.6 Å². The number of nitrogens with one attached hydrogen (secondary N) is 1. The van der Waals surface area contributed by atoms with E-state index in [1.165, 1.54) is 22.0 Å². The van der Waals surface area contributed by atoms with Crippen LogP contribution in [0, 0.1) is 0 Å². The summed E-state index contributed by atoms with van der Waals surface area (Å²) in [6.07, 6.45) is 7.95. The Hall–Kier alpha value is -4.63. The molecule has 0 fully saturated rings. The van der Waals surface area contributed by atoms with Gasteiger partial charge in [0.15, 0.2) is 17.3 Å². The van der Waals surface area contributed by atoms with Crippen LogP contribution >= 0.6 is 0 Å². The highest BCUT2D eigenvalue weighted by Gasteiger charge is 2.27. The minimum absolute atomic E-state index is 0.0523. The highest BCUT2D eigenvalue weighted by molar-refractivity contribution is 6.17. The minimum atomic E-state index is -0.553. The standard InChI is InChI=1S/C49H58N4O4/c1-5-51(25-8-9-28-53-41-18-12-33(32(4)54)29-39(41)48-37-16-22-46(56)35(37)14-20-43(48)53)26-10-11-45(55)34-13-19-42-40(30-34)49-38-17-23-47(57)36(38)15-21-44(49)52(42)27-7-6-24-50-31(2)3/h12-15,18-21,29-31,45,50,55H,5-11,16-17,22-28H2,1-4H3. The number of hydrogen-bond acceptors (Lipinski definition) is 6. The van der Waals surface area contributed by atoms with Crippen molar-refractivity contribution in [2.24, 2.45) is 0 Å². The molecule has 8 heteroatoms. The van der Waals surface area contributed by atoms with E-state index in [-0.39, 0.29) is 17.3 Å². The van der Waals surface area contributed by atoms with Crippen molar-refractivity contribution >= 4 is 61.0 Å². The van der Waals surface area contributed by atoms with Gasteiger partial charge in [0.25, 0.3) is 0 Å². The fourth-order valence-corrected chi connectivity index (χ4v) is 9.73. The van der Waals surface area contributed by atoms with Crippen molar-refractivity contribution in [1.82, 2.24) is 19.4 Å². The average Bonchev–Trinajstić information content (AvgIpc) is 3.95. The fourth-order valence-electron chi connectivity index (χ4n) is 9.73. The maximum atomic E-state index is 12.7. The van der Waals surface area contributed by atoms with Crippen LogP contribution in [-0.2, 0) is 25.9 Å². The van der Waals surface area contributed by atoms with Gasteiger partial charge < -0.3 is 24.5 Å². The van der Waals surface area contributed by atoms with E-state index >= 15 is 0 Å².